The van der Waals surface area contributed by atoms with E-state index in [-0.39, 0.29) is 0 Å². The molecule has 1 aliphatic carbocycles. The number of nitrogens with one attached hydrogen (secondary N) is 1. The number of hydrogen-bond donors (Lipinski definition) is 1. The summed E-state index contributed by atoms with van der Waals surface area (Å²) in [5.74, 6) is 1.03. The van der Waals surface area contributed by atoms with Gasteiger partial charge in [-0.25, -0.2) is 0 Å². The number of likely N-dealkylation sites (tertiary alicyclic amines) is 1. The summed E-state index contributed by atoms with van der Waals surface area (Å²) in [6.07, 6.45) is 13.0. The van der Waals surface area contributed by atoms with Crippen LogP contribution in [0.5, 0.6) is 0 Å². The van der Waals surface area contributed by atoms with Crippen molar-refractivity contribution < 1.29 is 0 Å². The van der Waals surface area contributed by atoms with Crippen LogP contribution >= 0.6 is 0 Å². The lowest BCUT2D eigenvalue weighted by atomic mass is 9.87. The van der Waals surface area contributed by atoms with E-state index in [0.717, 1.165) is 18.0 Å². The molecule has 1 unspecified atom stereocenters. The van der Waals surface area contributed by atoms with Crippen molar-refractivity contribution in [2.45, 2.75) is 83.7 Å². The van der Waals surface area contributed by atoms with Gasteiger partial charge >= 0.3 is 0 Å². The Kier molecular flexibility index (Phi) is 6.66. The second kappa shape index (κ2) is 8.26. The molecule has 1 heterocycles. The molecule has 2 fully saturated rings. The zero-order chi connectivity index (χ0) is 13.5. The summed E-state index contributed by atoms with van der Waals surface area (Å²) in [4.78, 5) is 2.64. The average molecular weight is 266 g/mol. The molecule has 2 heteroatoms. The molecule has 0 spiro atoms. The summed E-state index contributed by atoms with van der Waals surface area (Å²) in [5.41, 5.74) is 0. The van der Waals surface area contributed by atoms with Crippen molar-refractivity contribution >= 4 is 0 Å². The Hall–Kier alpha value is -0.0800. The molecule has 0 amide bonds. The van der Waals surface area contributed by atoms with Crippen molar-refractivity contribution in [3.63, 3.8) is 0 Å². The lowest BCUT2D eigenvalue weighted by Gasteiger charge is -2.25. The number of rotatable bonds is 5. The van der Waals surface area contributed by atoms with Gasteiger partial charge in [0.2, 0.25) is 0 Å². The topological polar surface area (TPSA) is 15.3 Å². The molecular weight excluding hydrogens is 232 g/mol. The van der Waals surface area contributed by atoms with Crippen molar-refractivity contribution in [3.05, 3.63) is 0 Å². The van der Waals surface area contributed by atoms with Crippen LogP contribution in [0.4, 0.5) is 0 Å². The summed E-state index contributed by atoms with van der Waals surface area (Å²) in [5, 5.41) is 3.84. The highest BCUT2D eigenvalue weighted by molar-refractivity contribution is 4.77. The summed E-state index contributed by atoms with van der Waals surface area (Å²) >= 11 is 0. The minimum atomic E-state index is 0.723. The molecule has 19 heavy (non-hydrogen) atoms. The van der Waals surface area contributed by atoms with E-state index in [9.17, 15) is 0 Å². The van der Waals surface area contributed by atoms with Crippen LogP contribution in [0.3, 0.4) is 0 Å². The van der Waals surface area contributed by atoms with E-state index in [2.05, 4.69) is 24.1 Å². The first kappa shape index (κ1) is 15.3. The van der Waals surface area contributed by atoms with E-state index >= 15 is 0 Å². The second-order valence-electron chi connectivity index (χ2n) is 7.00. The standard InChI is InChI=1S/C17H34N2/c1-15(2)19-13-6-9-17(11-14-19)18-12-10-16-7-4-3-5-8-16/h15-18H,3-14H2,1-2H3. The fourth-order valence-electron chi connectivity index (χ4n) is 3.81. The maximum Gasteiger partial charge on any atom is 0.00797 e. The van der Waals surface area contributed by atoms with Crippen molar-refractivity contribution in [1.29, 1.82) is 0 Å². The van der Waals surface area contributed by atoms with Gasteiger partial charge in [-0.05, 0) is 65.1 Å². The zero-order valence-electron chi connectivity index (χ0n) is 13.2. The van der Waals surface area contributed by atoms with E-state index in [0.29, 0.717) is 0 Å². The summed E-state index contributed by atoms with van der Waals surface area (Å²) < 4.78 is 0. The van der Waals surface area contributed by atoms with Gasteiger partial charge in [-0.15, -0.1) is 0 Å². The van der Waals surface area contributed by atoms with Gasteiger partial charge in [-0.3, -0.25) is 0 Å². The molecule has 0 bridgehead atoms. The molecule has 1 saturated heterocycles. The van der Waals surface area contributed by atoms with E-state index < -0.39 is 0 Å². The molecule has 112 valence electrons. The van der Waals surface area contributed by atoms with Crippen LogP contribution in [0.1, 0.15) is 71.6 Å². The molecule has 2 aliphatic rings. The average Bonchev–Trinajstić information content (AvgIpc) is 2.66. The van der Waals surface area contributed by atoms with Crippen molar-refractivity contribution in [3.8, 4) is 0 Å². The summed E-state index contributed by atoms with van der Waals surface area (Å²) in [6, 6.07) is 1.51. The van der Waals surface area contributed by atoms with E-state index in [1.165, 1.54) is 77.4 Å². The molecule has 0 aromatic carbocycles. The Balaban J connectivity index is 1.60. The lowest BCUT2D eigenvalue weighted by Crippen LogP contribution is -2.34. The highest BCUT2D eigenvalue weighted by Crippen LogP contribution is 2.26. The minimum Gasteiger partial charge on any atom is -0.314 e. The van der Waals surface area contributed by atoms with Gasteiger partial charge in [0.1, 0.15) is 0 Å². The fourth-order valence-corrected chi connectivity index (χ4v) is 3.81. The van der Waals surface area contributed by atoms with Gasteiger partial charge in [-0.1, -0.05) is 32.1 Å². The molecule has 1 saturated carbocycles. The van der Waals surface area contributed by atoms with Crippen LogP contribution < -0.4 is 5.32 Å². The van der Waals surface area contributed by atoms with Crippen LogP contribution in [-0.2, 0) is 0 Å². The predicted molar refractivity (Wildman–Crippen MR) is 83.5 cm³/mol. The van der Waals surface area contributed by atoms with E-state index in [1.807, 2.05) is 0 Å². The van der Waals surface area contributed by atoms with Gasteiger partial charge in [0.25, 0.3) is 0 Å². The van der Waals surface area contributed by atoms with Crippen LogP contribution in [0.25, 0.3) is 0 Å². The molecule has 1 N–H and O–H groups in total. The Bertz CT molecular complexity index is 233. The van der Waals surface area contributed by atoms with Crippen molar-refractivity contribution in [2.75, 3.05) is 19.6 Å². The Morgan fingerprint density at radius 1 is 0.947 bits per heavy atom. The van der Waals surface area contributed by atoms with Gasteiger partial charge < -0.3 is 10.2 Å². The van der Waals surface area contributed by atoms with Gasteiger partial charge in [0.15, 0.2) is 0 Å². The molecule has 0 aromatic heterocycles. The third kappa shape index (κ3) is 5.43. The maximum absolute atomic E-state index is 3.84. The first-order valence-corrected chi connectivity index (χ1v) is 8.73. The molecule has 1 atom stereocenters. The highest BCUT2D eigenvalue weighted by atomic mass is 15.1. The Labute approximate surface area is 120 Å². The second-order valence-corrected chi connectivity index (χ2v) is 7.00. The van der Waals surface area contributed by atoms with Gasteiger partial charge in [0, 0.05) is 12.1 Å². The summed E-state index contributed by atoms with van der Waals surface area (Å²) in [6.45, 7) is 8.52. The normalized spacial score (nSPS) is 27.6. The third-order valence-corrected chi connectivity index (χ3v) is 5.20. The molecular formula is C17H34N2. The van der Waals surface area contributed by atoms with Crippen LogP contribution in [0.2, 0.25) is 0 Å². The Morgan fingerprint density at radius 3 is 2.47 bits per heavy atom. The third-order valence-electron chi connectivity index (χ3n) is 5.20. The van der Waals surface area contributed by atoms with Gasteiger partial charge in [-0.2, -0.15) is 0 Å². The van der Waals surface area contributed by atoms with Crippen LogP contribution in [0, 0.1) is 5.92 Å². The quantitative estimate of drug-likeness (QED) is 0.814. The monoisotopic (exact) mass is 266 g/mol. The van der Waals surface area contributed by atoms with Crippen LogP contribution in [0.15, 0.2) is 0 Å². The predicted octanol–water partition coefficient (Wildman–Crippen LogP) is 3.81. The van der Waals surface area contributed by atoms with Gasteiger partial charge in [0.05, 0.1) is 0 Å². The first-order valence-electron chi connectivity index (χ1n) is 8.73. The largest absolute Gasteiger partial charge is 0.314 e. The molecule has 0 radical (unpaired) electrons. The molecule has 2 rings (SSSR count). The summed E-state index contributed by atoms with van der Waals surface area (Å²) in [7, 11) is 0. The number of nitrogens with zero attached hydrogens (tertiary/aromatic N) is 1. The zero-order valence-corrected chi connectivity index (χ0v) is 13.2. The molecule has 2 nitrogen and oxygen atoms in total. The SMILES string of the molecule is CC(C)N1CCCC(NCCC2CCCCC2)CC1. The Morgan fingerprint density at radius 2 is 1.74 bits per heavy atom. The smallest absolute Gasteiger partial charge is 0.00797 e. The van der Waals surface area contributed by atoms with Crippen molar-refractivity contribution in [1.82, 2.24) is 10.2 Å². The highest BCUT2D eigenvalue weighted by Gasteiger charge is 2.19. The number of hydrogen-bond acceptors (Lipinski definition) is 2. The first-order chi connectivity index (χ1) is 9.25. The fraction of sp³-hybridized carbons (Fsp3) is 1.00. The van der Waals surface area contributed by atoms with Crippen LogP contribution in [-0.4, -0.2) is 36.6 Å². The van der Waals surface area contributed by atoms with E-state index in [4.69, 9.17) is 0 Å². The minimum absolute atomic E-state index is 0.723. The molecule has 1 aliphatic heterocycles. The van der Waals surface area contributed by atoms with Crippen molar-refractivity contribution in [2.24, 2.45) is 5.92 Å². The lowest BCUT2D eigenvalue weighted by molar-refractivity contribution is 0.228. The maximum atomic E-state index is 3.84. The molecule has 0 aromatic rings. The van der Waals surface area contributed by atoms with E-state index in [1.54, 1.807) is 0 Å².